The van der Waals surface area contributed by atoms with E-state index in [0.29, 0.717) is 24.5 Å². The van der Waals surface area contributed by atoms with Crippen LogP contribution >= 0.6 is 11.6 Å². The Morgan fingerprint density at radius 2 is 1.78 bits per heavy atom. The van der Waals surface area contributed by atoms with Gasteiger partial charge in [0.25, 0.3) is 5.91 Å². The molecule has 27 heavy (non-hydrogen) atoms. The van der Waals surface area contributed by atoms with Crippen LogP contribution in [0.15, 0.2) is 54.6 Å². The molecule has 0 radical (unpaired) electrons. The van der Waals surface area contributed by atoms with Gasteiger partial charge in [-0.1, -0.05) is 23.7 Å². The fourth-order valence-electron chi connectivity index (χ4n) is 2.30. The summed E-state index contributed by atoms with van der Waals surface area (Å²) in [7, 11) is 0. The maximum absolute atomic E-state index is 13.2. The summed E-state index contributed by atoms with van der Waals surface area (Å²) in [5.74, 6) is -0.780. The molecule has 0 fully saturated rings. The number of nitrogens with one attached hydrogen (secondary N) is 2. The Balaban J connectivity index is 1.53. The molecule has 0 aliphatic heterocycles. The summed E-state index contributed by atoms with van der Waals surface area (Å²) >= 11 is 5.72. The van der Waals surface area contributed by atoms with Gasteiger partial charge in [-0.3, -0.25) is 4.79 Å². The predicted octanol–water partition coefficient (Wildman–Crippen LogP) is 4.12. The van der Waals surface area contributed by atoms with E-state index in [9.17, 15) is 13.6 Å². The molecule has 3 rings (SSSR count). The number of carbonyl (C=O) groups excluding carboxylic acids is 1. The minimum Gasteiger partial charge on any atom is -0.350 e. The standard InChI is InChI=1S/C19H15ClF2N4O/c20-15-11-14(5-6-16(15)22)24-18-8-7-17(25-26-18)19(27)23-10-9-12-1-3-13(21)4-2-12/h1-8,11H,9-10H2,(H,23,27)(H,24,26). The van der Waals surface area contributed by atoms with Crippen molar-refractivity contribution < 1.29 is 13.6 Å². The largest absolute Gasteiger partial charge is 0.350 e. The Labute approximate surface area is 159 Å². The van der Waals surface area contributed by atoms with Crippen molar-refractivity contribution in [1.29, 1.82) is 0 Å². The van der Waals surface area contributed by atoms with Crippen LogP contribution in [0.1, 0.15) is 16.1 Å². The van der Waals surface area contributed by atoms with Gasteiger partial charge in [0.1, 0.15) is 11.6 Å². The highest BCUT2D eigenvalue weighted by Crippen LogP contribution is 2.21. The quantitative estimate of drug-likeness (QED) is 0.666. The second-order valence-electron chi connectivity index (χ2n) is 5.69. The van der Waals surface area contributed by atoms with Crippen LogP contribution in [0, 0.1) is 11.6 Å². The number of aromatic nitrogens is 2. The van der Waals surface area contributed by atoms with Crippen molar-refractivity contribution in [2.45, 2.75) is 6.42 Å². The van der Waals surface area contributed by atoms with Crippen LogP contribution in [-0.4, -0.2) is 22.6 Å². The topological polar surface area (TPSA) is 66.9 Å². The first-order valence-corrected chi connectivity index (χ1v) is 8.47. The van der Waals surface area contributed by atoms with Crippen molar-refractivity contribution in [3.8, 4) is 0 Å². The Hall–Kier alpha value is -3.06. The lowest BCUT2D eigenvalue weighted by molar-refractivity contribution is 0.0948. The van der Waals surface area contributed by atoms with Crippen molar-refractivity contribution in [2.75, 3.05) is 11.9 Å². The number of anilines is 2. The van der Waals surface area contributed by atoms with Gasteiger partial charge in [-0.2, -0.15) is 0 Å². The van der Waals surface area contributed by atoms with Crippen molar-refractivity contribution in [1.82, 2.24) is 15.5 Å². The zero-order valence-electron chi connectivity index (χ0n) is 14.0. The number of carbonyl (C=O) groups is 1. The molecule has 1 amide bonds. The van der Waals surface area contributed by atoms with E-state index in [-0.39, 0.29) is 22.4 Å². The summed E-state index contributed by atoms with van der Waals surface area (Å²) in [6.07, 6.45) is 0.574. The number of halogens is 3. The highest BCUT2D eigenvalue weighted by Gasteiger charge is 2.08. The first-order chi connectivity index (χ1) is 13.0. The van der Waals surface area contributed by atoms with E-state index in [1.54, 1.807) is 18.2 Å². The van der Waals surface area contributed by atoms with E-state index in [2.05, 4.69) is 20.8 Å². The molecule has 0 aliphatic carbocycles. The number of hydrogen-bond donors (Lipinski definition) is 2. The van der Waals surface area contributed by atoms with Gasteiger partial charge in [-0.25, -0.2) is 8.78 Å². The lowest BCUT2D eigenvalue weighted by Gasteiger charge is -2.07. The van der Waals surface area contributed by atoms with Gasteiger partial charge in [0.2, 0.25) is 0 Å². The fraction of sp³-hybridized carbons (Fsp3) is 0.105. The molecule has 3 aromatic rings. The molecule has 0 spiro atoms. The lowest BCUT2D eigenvalue weighted by Crippen LogP contribution is -2.26. The highest BCUT2D eigenvalue weighted by molar-refractivity contribution is 6.31. The van der Waals surface area contributed by atoms with E-state index in [0.717, 1.165) is 5.56 Å². The fourth-order valence-corrected chi connectivity index (χ4v) is 2.48. The molecule has 1 heterocycles. The number of rotatable bonds is 6. The SMILES string of the molecule is O=C(NCCc1ccc(F)cc1)c1ccc(Nc2ccc(F)c(Cl)c2)nn1. The molecule has 0 aliphatic rings. The summed E-state index contributed by atoms with van der Waals surface area (Å²) < 4.78 is 26.0. The van der Waals surface area contributed by atoms with E-state index in [1.807, 2.05) is 0 Å². The van der Waals surface area contributed by atoms with E-state index >= 15 is 0 Å². The van der Waals surface area contributed by atoms with Gasteiger partial charge in [-0.05, 0) is 54.4 Å². The van der Waals surface area contributed by atoms with Gasteiger partial charge < -0.3 is 10.6 Å². The van der Waals surface area contributed by atoms with Gasteiger partial charge in [0.15, 0.2) is 11.5 Å². The zero-order chi connectivity index (χ0) is 19.2. The Kier molecular flexibility index (Phi) is 5.93. The molecule has 8 heteroatoms. The Morgan fingerprint density at radius 3 is 2.44 bits per heavy atom. The molecule has 0 bridgehead atoms. The lowest BCUT2D eigenvalue weighted by atomic mass is 10.1. The summed E-state index contributed by atoms with van der Waals surface area (Å²) in [5.41, 5.74) is 1.63. The van der Waals surface area contributed by atoms with Gasteiger partial charge in [0, 0.05) is 12.2 Å². The summed E-state index contributed by atoms with van der Waals surface area (Å²) in [6, 6.07) is 13.4. The van der Waals surface area contributed by atoms with Crippen LogP contribution < -0.4 is 10.6 Å². The van der Waals surface area contributed by atoms with Gasteiger partial charge >= 0.3 is 0 Å². The minimum atomic E-state index is -0.513. The Bertz CT molecular complexity index is 933. The number of nitrogens with zero attached hydrogens (tertiary/aromatic N) is 2. The maximum atomic E-state index is 13.2. The summed E-state index contributed by atoms with van der Waals surface area (Å²) in [6.45, 7) is 0.389. The third-order valence-electron chi connectivity index (χ3n) is 3.70. The van der Waals surface area contributed by atoms with Crippen LogP contribution in [-0.2, 0) is 6.42 Å². The molecule has 0 saturated carbocycles. The van der Waals surface area contributed by atoms with Gasteiger partial charge in [0.05, 0.1) is 5.02 Å². The second-order valence-corrected chi connectivity index (χ2v) is 6.10. The minimum absolute atomic E-state index is 0.00916. The molecular formula is C19H15ClF2N4O. The van der Waals surface area contributed by atoms with Crippen LogP contribution in [0.25, 0.3) is 0 Å². The monoisotopic (exact) mass is 388 g/mol. The highest BCUT2D eigenvalue weighted by atomic mass is 35.5. The summed E-state index contributed by atoms with van der Waals surface area (Å²) in [5, 5.41) is 13.4. The molecule has 2 aromatic carbocycles. The van der Waals surface area contributed by atoms with Crippen molar-refractivity contribution in [2.24, 2.45) is 0 Å². The third kappa shape index (κ3) is 5.21. The van der Waals surface area contributed by atoms with Crippen molar-refractivity contribution in [3.05, 3.63) is 82.5 Å². The number of hydrogen-bond acceptors (Lipinski definition) is 4. The zero-order valence-corrected chi connectivity index (χ0v) is 14.8. The molecule has 0 unspecified atom stereocenters. The predicted molar refractivity (Wildman–Crippen MR) is 99.2 cm³/mol. The van der Waals surface area contributed by atoms with Crippen molar-refractivity contribution in [3.63, 3.8) is 0 Å². The third-order valence-corrected chi connectivity index (χ3v) is 3.99. The first-order valence-electron chi connectivity index (χ1n) is 8.10. The van der Waals surface area contributed by atoms with Gasteiger partial charge in [-0.15, -0.1) is 10.2 Å². The summed E-state index contributed by atoms with van der Waals surface area (Å²) in [4.78, 5) is 12.1. The average molecular weight is 389 g/mol. The van der Waals surface area contributed by atoms with E-state index < -0.39 is 5.82 Å². The number of benzene rings is 2. The molecule has 0 saturated heterocycles. The first kappa shape index (κ1) is 18.7. The molecule has 2 N–H and O–H groups in total. The molecule has 138 valence electrons. The van der Waals surface area contributed by atoms with Crippen LogP contribution in [0.5, 0.6) is 0 Å². The van der Waals surface area contributed by atoms with E-state index in [1.165, 1.54) is 36.4 Å². The molecular weight excluding hydrogens is 374 g/mol. The molecule has 1 aromatic heterocycles. The number of amides is 1. The Morgan fingerprint density at radius 1 is 1.00 bits per heavy atom. The van der Waals surface area contributed by atoms with E-state index in [4.69, 9.17) is 11.6 Å². The van der Waals surface area contributed by atoms with Crippen LogP contribution in [0.2, 0.25) is 5.02 Å². The van der Waals surface area contributed by atoms with Crippen molar-refractivity contribution >= 4 is 29.0 Å². The molecule has 5 nitrogen and oxygen atoms in total. The normalized spacial score (nSPS) is 10.5. The smallest absolute Gasteiger partial charge is 0.271 e. The molecule has 0 atom stereocenters. The average Bonchev–Trinajstić information content (AvgIpc) is 2.67. The van der Waals surface area contributed by atoms with Crippen LogP contribution in [0.4, 0.5) is 20.3 Å². The second kappa shape index (κ2) is 8.55. The maximum Gasteiger partial charge on any atom is 0.271 e. The van der Waals surface area contributed by atoms with Crippen LogP contribution in [0.3, 0.4) is 0 Å².